The summed E-state index contributed by atoms with van der Waals surface area (Å²) in [5, 5.41) is 0.760. The SMILES string of the molecule is CN(Cc1ccc(N(C)C)cc1)C(=O)CCc1nc2sc3c(c2c(=O)[nH]1)CCC3. The molecule has 0 aliphatic heterocycles. The predicted octanol–water partition coefficient (Wildman–Crippen LogP) is 3.13. The van der Waals surface area contributed by atoms with E-state index in [1.165, 1.54) is 10.4 Å². The van der Waals surface area contributed by atoms with Crippen molar-refractivity contribution in [2.45, 2.75) is 38.6 Å². The average molecular weight is 411 g/mol. The summed E-state index contributed by atoms with van der Waals surface area (Å²) < 4.78 is 0. The molecule has 0 bridgehead atoms. The Morgan fingerprint density at radius 2 is 1.93 bits per heavy atom. The molecule has 0 fully saturated rings. The Morgan fingerprint density at radius 1 is 1.17 bits per heavy atom. The zero-order valence-corrected chi connectivity index (χ0v) is 17.9. The van der Waals surface area contributed by atoms with E-state index in [2.05, 4.69) is 22.1 Å². The number of aromatic amines is 1. The quantitative estimate of drug-likeness (QED) is 0.678. The Bertz CT molecular complexity index is 1100. The number of fused-ring (bicyclic) bond motifs is 3. The lowest BCUT2D eigenvalue weighted by molar-refractivity contribution is -0.130. The fourth-order valence-electron chi connectivity index (χ4n) is 3.84. The standard InChI is InChI=1S/C22H26N4O2S/c1-25(2)15-9-7-14(8-10-15)13-26(3)19(27)12-11-18-23-21(28)20-16-5-4-6-17(16)29-22(20)24-18/h7-10H,4-6,11-13H2,1-3H3,(H,23,24,28). The van der Waals surface area contributed by atoms with Crippen molar-refractivity contribution in [2.24, 2.45) is 0 Å². The van der Waals surface area contributed by atoms with Gasteiger partial charge in [0.25, 0.3) is 5.56 Å². The third kappa shape index (κ3) is 4.05. The number of amides is 1. The molecule has 0 radical (unpaired) electrons. The molecule has 1 aromatic carbocycles. The highest BCUT2D eigenvalue weighted by Gasteiger charge is 2.21. The molecule has 6 nitrogen and oxygen atoms in total. The predicted molar refractivity (Wildman–Crippen MR) is 118 cm³/mol. The van der Waals surface area contributed by atoms with Gasteiger partial charge in [0.05, 0.1) is 5.39 Å². The highest BCUT2D eigenvalue weighted by Crippen LogP contribution is 2.34. The fraction of sp³-hybridized carbons (Fsp3) is 0.409. The lowest BCUT2D eigenvalue weighted by Crippen LogP contribution is -2.27. The Hall–Kier alpha value is -2.67. The van der Waals surface area contributed by atoms with Crippen LogP contribution in [0, 0.1) is 0 Å². The van der Waals surface area contributed by atoms with Gasteiger partial charge < -0.3 is 14.8 Å². The van der Waals surface area contributed by atoms with Crippen molar-refractivity contribution in [1.82, 2.24) is 14.9 Å². The van der Waals surface area contributed by atoms with Crippen LogP contribution >= 0.6 is 11.3 Å². The normalized spacial score (nSPS) is 12.9. The van der Waals surface area contributed by atoms with Crippen LogP contribution in [-0.2, 0) is 30.6 Å². The first-order valence-corrected chi connectivity index (χ1v) is 10.8. The number of carbonyl (C=O) groups excluding carboxylic acids is 1. The Balaban J connectivity index is 1.39. The molecule has 4 rings (SSSR count). The largest absolute Gasteiger partial charge is 0.378 e. The van der Waals surface area contributed by atoms with Gasteiger partial charge in [-0.05, 0) is 42.5 Å². The number of anilines is 1. The number of H-pyrrole nitrogens is 1. The van der Waals surface area contributed by atoms with E-state index in [-0.39, 0.29) is 11.5 Å². The number of thiophene rings is 1. The van der Waals surface area contributed by atoms with E-state index in [4.69, 9.17) is 0 Å². The van der Waals surface area contributed by atoms with Crippen molar-refractivity contribution in [3.05, 3.63) is 56.4 Å². The van der Waals surface area contributed by atoms with Crippen molar-refractivity contribution < 1.29 is 4.79 Å². The molecule has 1 amide bonds. The molecule has 29 heavy (non-hydrogen) atoms. The minimum atomic E-state index is -0.0637. The minimum Gasteiger partial charge on any atom is -0.378 e. The first-order valence-electron chi connectivity index (χ1n) is 9.96. The third-order valence-corrected chi connectivity index (χ3v) is 6.68. The van der Waals surface area contributed by atoms with E-state index in [1.54, 1.807) is 16.2 Å². The van der Waals surface area contributed by atoms with Crippen LogP contribution in [0.2, 0.25) is 0 Å². The maximum atomic E-state index is 12.6. The van der Waals surface area contributed by atoms with Gasteiger partial charge in [-0.15, -0.1) is 11.3 Å². The summed E-state index contributed by atoms with van der Waals surface area (Å²) in [6.45, 7) is 0.563. The molecule has 0 spiro atoms. The molecule has 7 heteroatoms. The number of rotatable bonds is 6. The number of hydrogen-bond acceptors (Lipinski definition) is 5. The van der Waals surface area contributed by atoms with E-state index in [0.29, 0.717) is 25.2 Å². The topological polar surface area (TPSA) is 69.3 Å². The molecule has 1 aliphatic carbocycles. The molecule has 0 saturated carbocycles. The monoisotopic (exact) mass is 410 g/mol. The van der Waals surface area contributed by atoms with E-state index < -0.39 is 0 Å². The summed E-state index contributed by atoms with van der Waals surface area (Å²) in [6.07, 6.45) is 3.90. The molecule has 2 heterocycles. The summed E-state index contributed by atoms with van der Waals surface area (Å²) in [4.78, 5) is 38.5. The highest BCUT2D eigenvalue weighted by molar-refractivity contribution is 7.18. The van der Waals surface area contributed by atoms with Gasteiger partial charge in [-0.3, -0.25) is 9.59 Å². The third-order valence-electron chi connectivity index (χ3n) is 5.50. The van der Waals surface area contributed by atoms with Crippen LogP contribution < -0.4 is 10.5 Å². The first kappa shape index (κ1) is 19.6. The van der Waals surface area contributed by atoms with Crippen molar-refractivity contribution in [2.75, 3.05) is 26.0 Å². The van der Waals surface area contributed by atoms with Crippen LogP contribution in [0.4, 0.5) is 5.69 Å². The maximum absolute atomic E-state index is 12.6. The van der Waals surface area contributed by atoms with Gasteiger partial charge >= 0.3 is 0 Å². The molecule has 0 unspecified atom stereocenters. The van der Waals surface area contributed by atoms with Crippen LogP contribution in [0.15, 0.2) is 29.1 Å². The molecule has 2 aromatic heterocycles. The summed E-state index contributed by atoms with van der Waals surface area (Å²) in [7, 11) is 5.82. The highest BCUT2D eigenvalue weighted by atomic mass is 32.1. The second-order valence-electron chi connectivity index (χ2n) is 7.86. The molecule has 152 valence electrons. The number of aryl methyl sites for hydroxylation is 3. The molecular weight excluding hydrogens is 384 g/mol. The number of benzene rings is 1. The second kappa shape index (κ2) is 7.99. The number of aromatic nitrogens is 2. The lowest BCUT2D eigenvalue weighted by atomic mass is 10.1. The van der Waals surface area contributed by atoms with E-state index in [0.717, 1.165) is 40.7 Å². The molecule has 3 aromatic rings. The average Bonchev–Trinajstić information content (AvgIpc) is 3.27. The number of carbonyl (C=O) groups is 1. The molecule has 0 atom stereocenters. The maximum Gasteiger partial charge on any atom is 0.259 e. The summed E-state index contributed by atoms with van der Waals surface area (Å²) in [5.41, 5.74) is 3.34. The van der Waals surface area contributed by atoms with Crippen molar-refractivity contribution in [3.8, 4) is 0 Å². The van der Waals surface area contributed by atoms with Gasteiger partial charge in [0.15, 0.2) is 0 Å². The van der Waals surface area contributed by atoms with Crippen LogP contribution in [0.25, 0.3) is 10.2 Å². The number of hydrogen-bond donors (Lipinski definition) is 1. The molecule has 1 N–H and O–H groups in total. The summed E-state index contributed by atoms with van der Waals surface area (Å²) in [5.74, 6) is 0.637. The zero-order valence-electron chi connectivity index (χ0n) is 17.1. The molecule has 0 saturated heterocycles. The van der Waals surface area contributed by atoms with E-state index in [1.807, 2.05) is 38.2 Å². The lowest BCUT2D eigenvalue weighted by Gasteiger charge is -2.18. The van der Waals surface area contributed by atoms with Crippen LogP contribution in [0.1, 0.15) is 34.7 Å². The Labute approximate surface area is 174 Å². The van der Waals surface area contributed by atoms with Crippen molar-refractivity contribution >= 4 is 33.1 Å². The fourth-order valence-corrected chi connectivity index (χ4v) is 5.12. The summed E-state index contributed by atoms with van der Waals surface area (Å²) >= 11 is 1.63. The second-order valence-corrected chi connectivity index (χ2v) is 8.94. The number of nitrogens with one attached hydrogen (secondary N) is 1. The van der Waals surface area contributed by atoms with Crippen molar-refractivity contribution in [3.63, 3.8) is 0 Å². The minimum absolute atomic E-state index is 0.0399. The van der Waals surface area contributed by atoms with Gasteiger partial charge in [0.2, 0.25) is 5.91 Å². The zero-order chi connectivity index (χ0) is 20.5. The van der Waals surface area contributed by atoms with E-state index >= 15 is 0 Å². The van der Waals surface area contributed by atoms with Crippen LogP contribution in [0.5, 0.6) is 0 Å². The Morgan fingerprint density at radius 3 is 2.66 bits per heavy atom. The smallest absolute Gasteiger partial charge is 0.259 e. The molecular formula is C22H26N4O2S. The number of nitrogens with zero attached hydrogens (tertiary/aromatic N) is 3. The van der Waals surface area contributed by atoms with Gasteiger partial charge in [-0.25, -0.2) is 4.98 Å². The van der Waals surface area contributed by atoms with Crippen LogP contribution in [0.3, 0.4) is 0 Å². The first-order chi connectivity index (χ1) is 13.9. The Kier molecular flexibility index (Phi) is 5.41. The van der Waals surface area contributed by atoms with E-state index in [9.17, 15) is 9.59 Å². The van der Waals surface area contributed by atoms with Gasteiger partial charge in [-0.1, -0.05) is 12.1 Å². The van der Waals surface area contributed by atoms with Gasteiger partial charge in [0, 0.05) is 51.1 Å². The summed E-state index contributed by atoms with van der Waals surface area (Å²) in [6, 6.07) is 8.19. The van der Waals surface area contributed by atoms with Crippen molar-refractivity contribution in [1.29, 1.82) is 0 Å². The van der Waals surface area contributed by atoms with Gasteiger partial charge in [0.1, 0.15) is 10.7 Å². The van der Waals surface area contributed by atoms with Gasteiger partial charge in [-0.2, -0.15) is 0 Å². The van der Waals surface area contributed by atoms with Crippen LogP contribution in [-0.4, -0.2) is 41.9 Å². The molecule has 1 aliphatic rings.